The SMILES string of the molecule is O=C([C@@H](c1ccccc1)N1CCC(c2cn[nH]c2)CC1)N1CCCC1. The third kappa shape index (κ3) is 3.47. The first-order valence-electron chi connectivity index (χ1n) is 9.39. The fourth-order valence-corrected chi connectivity index (χ4v) is 4.23. The predicted octanol–water partition coefficient (Wildman–Crippen LogP) is 2.95. The molecule has 0 radical (unpaired) electrons. The van der Waals surface area contributed by atoms with Crippen LogP contribution in [0.15, 0.2) is 42.7 Å². The molecule has 25 heavy (non-hydrogen) atoms. The van der Waals surface area contributed by atoms with Crippen molar-refractivity contribution in [3.05, 3.63) is 53.9 Å². The van der Waals surface area contributed by atoms with Gasteiger partial charge < -0.3 is 4.90 Å². The van der Waals surface area contributed by atoms with Crippen molar-refractivity contribution in [3.8, 4) is 0 Å². The number of aromatic nitrogens is 2. The van der Waals surface area contributed by atoms with Gasteiger partial charge in [0.25, 0.3) is 0 Å². The summed E-state index contributed by atoms with van der Waals surface area (Å²) in [5.41, 5.74) is 2.42. The van der Waals surface area contributed by atoms with Gasteiger partial charge in [0.15, 0.2) is 0 Å². The van der Waals surface area contributed by atoms with E-state index in [0.717, 1.165) is 57.4 Å². The molecule has 1 atom stereocenters. The van der Waals surface area contributed by atoms with E-state index in [1.54, 1.807) is 0 Å². The first-order chi connectivity index (χ1) is 12.3. The van der Waals surface area contributed by atoms with Crippen molar-refractivity contribution >= 4 is 5.91 Å². The van der Waals surface area contributed by atoms with Crippen molar-refractivity contribution in [1.82, 2.24) is 20.0 Å². The van der Waals surface area contributed by atoms with Crippen molar-refractivity contribution in [3.63, 3.8) is 0 Å². The number of rotatable bonds is 4. The van der Waals surface area contributed by atoms with E-state index < -0.39 is 0 Å². The van der Waals surface area contributed by atoms with E-state index in [4.69, 9.17) is 0 Å². The van der Waals surface area contributed by atoms with E-state index in [1.807, 2.05) is 30.6 Å². The van der Waals surface area contributed by atoms with Gasteiger partial charge in [-0.25, -0.2) is 0 Å². The molecule has 3 heterocycles. The maximum atomic E-state index is 13.2. The molecule has 0 aliphatic carbocycles. The Morgan fingerprint density at radius 1 is 1.08 bits per heavy atom. The minimum atomic E-state index is -0.135. The molecule has 0 saturated carbocycles. The third-order valence-corrected chi connectivity index (χ3v) is 5.65. The third-order valence-electron chi connectivity index (χ3n) is 5.65. The zero-order valence-electron chi connectivity index (χ0n) is 14.6. The van der Waals surface area contributed by atoms with E-state index in [-0.39, 0.29) is 11.9 Å². The number of nitrogens with one attached hydrogen (secondary N) is 1. The molecule has 1 aromatic heterocycles. The van der Waals surface area contributed by atoms with Gasteiger partial charge in [0, 0.05) is 19.3 Å². The van der Waals surface area contributed by atoms with Crippen molar-refractivity contribution in [1.29, 1.82) is 0 Å². The summed E-state index contributed by atoms with van der Waals surface area (Å²) in [5.74, 6) is 0.832. The molecule has 1 aromatic carbocycles. The molecule has 1 amide bonds. The highest BCUT2D eigenvalue weighted by atomic mass is 16.2. The first-order valence-corrected chi connectivity index (χ1v) is 9.39. The molecule has 2 saturated heterocycles. The number of likely N-dealkylation sites (tertiary alicyclic amines) is 2. The molecule has 0 spiro atoms. The largest absolute Gasteiger partial charge is 0.341 e. The van der Waals surface area contributed by atoms with Gasteiger partial charge >= 0.3 is 0 Å². The van der Waals surface area contributed by atoms with Crippen molar-refractivity contribution in [2.24, 2.45) is 0 Å². The van der Waals surface area contributed by atoms with Crippen LogP contribution in [0, 0.1) is 0 Å². The fourth-order valence-electron chi connectivity index (χ4n) is 4.23. The van der Waals surface area contributed by atoms with Crippen LogP contribution in [0.3, 0.4) is 0 Å². The minimum absolute atomic E-state index is 0.135. The Balaban J connectivity index is 1.51. The molecule has 5 nitrogen and oxygen atoms in total. The maximum absolute atomic E-state index is 13.2. The zero-order chi connectivity index (χ0) is 17.1. The van der Waals surface area contributed by atoms with Crippen LogP contribution in [0.1, 0.15) is 48.8 Å². The number of aromatic amines is 1. The topological polar surface area (TPSA) is 52.2 Å². The number of hydrogen-bond donors (Lipinski definition) is 1. The quantitative estimate of drug-likeness (QED) is 0.932. The van der Waals surface area contributed by atoms with Crippen molar-refractivity contribution in [2.75, 3.05) is 26.2 Å². The summed E-state index contributed by atoms with van der Waals surface area (Å²) < 4.78 is 0. The first kappa shape index (κ1) is 16.3. The molecule has 1 N–H and O–H groups in total. The van der Waals surface area contributed by atoms with Crippen molar-refractivity contribution < 1.29 is 4.79 Å². The molecule has 132 valence electrons. The number of nitrogens with zero attached hydrogens (tertiary/aromatic N) is 3. The predicted molar refractivity (Wildman–Crippen MR) is 97.1 cm³/mol. The Hall–Kier alpha value is -2.14. The van der Waals surface area contributed by atoms with E-state index >= 15 is 0 Å². The van der Waals surface area contributed by atoms with Gasteiger partial charge in [-0.2, -0.15) is 5.10 Å². The van der Waals surface area contributed by atoms with E-state index in [9.17, 15) is 4.79 Å². The highest BCUT2D eigenvalue weighted by molar-refractivity contribution is 5.83. The van der Waals surface area contributed by atoms with Gasteiger partial charge in [-0.1, -0.05) is 30.3 Å². The van der Waals surface area contributed by atoms with Crippen LogP contribution in [-0.2, 0) is 4.79 Å². The second-order valence-electron chi connectivity index (χ2n) is 7.19. The summed E-state index contributed by atoms with van der Waals surface area (Å²) in [6.45, 7) is 3.73. The number of carbonyl (C=O) groups is 1. The molecule has 0 bridgehead atoms. The summed E-state index contributed by atoms with van der Waals surface area (Å²) in [4.78, 5) is 17.7. The zero-order valence-corrected chi connectivity index (χ0v) is 14.6. The highest BCUT2D eigenvalue weighted by Gasteiger charge is 2.34. The molecule has 2 aromatic rings. The minimum Gasteiger partial charge on any atom is -0.341 e. The standard InChI is InChI=1S/C20H26N4O/c25-20(24-10-4-5-11-24)19(17-6-2-1-3-7-17)23-12-8-16(9-13-23)18-14-21-22-15-18/h1-3,6-7,14-16,19H,4-5,8-13H2,(H,21,22)/t19-/m1/s1. The number of piperidine rings is 1. The highest BCUT2D eigenvalue weighted by Crippen LogP contribution is 2.33. The smallest absolute Gasteiger partial charge is 0.244 e. The van der Waals surface area contributed by atoms with Gasteiger partial charge in [0.1, 0.15) is 6.04 Å². The van der Waals surface area contributed by atoms with Gasteiger partial charge in [0.05, 0.1) is 6.20 Å². The molecule has 0 unspecified atom stereocenters. The molecule has 2 aliphatic heterocycles. The molecular formula is C20H26N4O. The summed E-state index contributed by atoms with van der Waals surface area (Å²) in [6.07, 6.45) is 8.37. The number of hydrogen-bond acceptors (Lipinski definition) is 3. The van der Waals surface area contributed by atoms with Crippen LogP contribution in [0.4, 0.5) is 0 Å². The van der Waals surface area contributed by atoms with Crippen LogP contribution in [-0.4, -0.2) is 52.1 Å². The van der Waals surface area contributed by atoms with Gasteiger partial charge in [-0.15, -0.1) is 0 Å². The molecular weight excluding hydrogens is 312 g/mol. The van der Waals surface area contributed by atoms with E-state index in [2.05, 4.69) is 32.1 Å². The van der Waals surface area contributed by atoms with Crippen LogP contribution < -0.4 is 0 Å². The summed E-state index contributed by atoms with van der Waals surface area (Å²) in [5, 5.41) is 7.00. The second kappa shape index (κ2) is 7.40. The monoisotopic (exact) mass is 338 g/mol. The number of amides is 1. The Bertz CT molecular complexity index is 671. The molecule has 2 fully saturated rings. The van der Waals surface area contributed by atoms with Gasteiger partial charge in [-0.3, -0.25) is 14.8 Å². The van der Waals surface area contributed by atoms with E-state index in [0.29, 0.717) is 5.92 Å². The maximum Gasteiger partial charge on any atom is 0.244 e. The lowest BCUT2D eigenvalue weighted by molar-refractivity contribution is -0.136. The van der Waals surface area contributed by atoms with Crippen LogP contribution >= 0.6 is 0 Å². The Kier molecular flexibility index (Phi) is 4.83. The number of H-pyrrole nitrogens is 1. The fraction of sp³-hybridized carbons (Fsp3) is 0.500. The Morgan fingerprint density at radius 3 is 2.44 bits per heavy atom. The lowest BCUT2D eigenvalue weighted by Gasteiger charge is -2.38. The van der Waals surface area contributed by atoms with Crippen LogP contribution in [0.2, 0.25) is 0 Å². The number of carbonyl (C=O) groups excluding carboxylic acids is 1. The average molecular weight is 338 g/mol. The lowest BCUT2D eigenvalue weighted by Crippen LogP contribution is -2.45. The average Bonchev–Trinajstić information content (AvgIpc) is 3.37. The Labute approximate surface area is 149 Å². The Morgan fingerprint density at radius 2 is 1.80 bits per heavy atom. The lowest BCUT2D eigenvalue weighted by atomic mass is 9.90. The number of benzene rings is 1. The summed E-state index contributed by atoms with van der Waals surface area (Å²) in [7, 11) is 0. The van der Waals surface area contributed by atoms with Crippen LogP contribution in [0.25, 0.3) is 0 Å². The van der Waals surface area contributed by atoms with Crippen molar-refractivity contribution in [2.45, 2.75) is 37.6 Å². The summed E-state index contributed by atoms with van der Waals surface area (Å²) in [6, 6.07) is 10.2. The second-order valence-corrected chi connectivity index (χ2v) is 7.19. The molecule has 4 rings (SSSR count). The van der Waals surface area contributed by atoms with Crippen LogP contribution in [0.5, 0.6) is 0 Å². The normalized spacial score (nSPS) is 20.7. The van der Waals surface area contributed by atoms with E-state index in [1.165, 1.54) is 5.56 Å². The van der Waals surface area contributed by atoms with Gasteiger partial charge in [-0.05, 0) is 55.8 Å². The molecule has 2 aliphatic rings. The van der Waals surface area contributed by atoms with Gasteiger partial charge in [0.2, 0.25) is 5.91 Å². The molecule has 5 heteroatoms. The summed E-state index contributed by atoms with van der Waals surface area (Å²) >= 11 is 0.